The fraction of sp³-hybridized carbons (Fsp3) is 0.500. The van der Waals surface area contributed by atoms with Crippen LogP contribution in [0.4, 0.5) is 8.78 Å². The van der Waals surface area contributed by atoms with Gasteiger partial charge in [0.1, 0.15) is 6.10 Å². The summed E-state index contributed by atoms with van der Waals surface area (Å²) in [4.78, 5) is 0. The predicted molar refractivity (Wildman–Crippen MR) is 56.1 cm³/mol. The Bertz CT molecular complexity index is 311. The molecule has 0 amide bonds. The van der Waals surface area contributed by atoms with Crippen molar-refractivity contribution in [2.45, 2.75) is 38.7 Å². The second-order valence-corrected chi connectivity index (χ2v) is 4.65. The summed E-state index contributed by atoms with van der Waals surface area (Å²) in [5, 5.41) is 9.14. The van der Waals surface area contributed by atoms with Crippen molar-refractivity contribution in [3.63, 3.8) is 0 Å². The molecule has 1 nitrogen and oxygen atoms in total. The van der Waals surface area contributed by atoms with Crippen LogP contribution < -0.4 is 0 Å². The van der Waals surface area contributed by atoms with Gasteiger partial charge in [-0.3, -0.25) is 0 Å². The van der Waals surface area contributed by atoms with Crippen LogP contribution in [0.25, 0.3) is 0 Å². The van der Waals surface area contributed by atoms with Gasteiger partial charge < -0.3 is 5.11 Å². The Morgan fingerprint density at radius 1 is 1.07 bits per heavy atom. The molecule has 3 heteroatoms. The molecule has 1 aromatic rings. The van der Waals surface area contributed by atoms with E-state index >= 15 is 0 Å². The Hall–Kier alpha value is -0.960. The van der Waals surface area contributed by atoms with Gasteiger partial charge in [0.2, 0.25) is 0 Å². The van der Waals surface area contributed by atoms with Gasteiger partial charge in [-0.05, 0) is 16.5 Å². The van der Waals surface area contributed by atoms with E-state index in [1.807, 2.05) is 20.8 Å². The first-order chi connectivity index (χ1) is 6.82. The lowest BCUT2D eigenvalue weighted by atomic mass is 9.86. The third-order valence-electron chi connectivity index (χ3n) is 2.36. The van der Waals surface area contributed by atoms with E-state index in [0.29, 0.717) is 0 Å². The number of hydrogen-bond acceptors (Lipinski definition) is 1. The molecule has 0 saturated carbocycles. The minimum Gasteiger partial charge on any atom is -0.382 e. The third kappa shape index (κ3) is 2.99. The highest BCUT2D eigenvalue weighted by atomic mass is 19.3. The van der Waals surface area contributed by atoms with Crippen molar-refractivity contribution in [3.8, 4) is 0 Å². The second kappa shape index (κ2) is 4.27. The first-order valence-electron chi connectivity index (χ1n) is 4.89. The predicted octanol–water partition coefficient (Wildman–Crippen LogP) is 3.28. The molecule has 1 aromatic carbocycles. The van der Waals surface area contributed by atoms with E-state index in [9.17, 15) is 8.78 Å². The van der Waals surface area contributed by atoms with Gasteiger partial charge in [-0.25, -0.2) is 8.78 Å². The van der Waals surface area contributed by atoms with Crippen LogP contribution in [0, 0.1) is 0 Å². The van der Waals surface area contributed by atoms with E-state index in [1.54, 1.807) is 24.3 Å². The van der Waals surface area contributed by atoms with Crippen LogP contribution >= 0.6 is 0 Å². The van der Waals surface area contributed by atoms with Gasteiger partial charge in [-0.15, -0.1) is 0 Å². The van der Waals surface area contributed by atoms with Gasteiger partial charge in [0.25, 0.3) is 6.43 Å². The normalized spacial score (nSPS) is 14.3. The number of hydrogen-bond donors (Lipinski definition) is 1. The summed E-state index contributed by atoms with van der Waals surface area (Å²) in [6, 6.07) is 6.66. The summed E-state index contributed by atoms with van der Waals surface area (Å²) in [7, 11) is 0. The largest absolute Gasteiger partial charge is 0.382 e. The quantitative estimate of drug-likeness (QED) is 0.801. The summed E-state index contributed by atoms with van der Waals surface area (Å²) >= 11 is 0. The number of aliphatic hydroxyl groups is 1. The number of alkyl halides is 2. The SMILES string of the molecule is CC(C)(C)c1ccc(C(O)C(F)F)cc1. The average molecular weight is 214 g/mol. The molecular formula is C12H16F2O. The van der Waals surface area contributed by atoms with Crippen LogP contribution in [0.1, 0.15) is 38.0 Å². The molecule has 0 aromatic heterocycles. The number of halogens is 2. The molecular weight excluding hydrogens is 198 g/mol. The van der Waals surface area contributed by atoms with E-state index in [4.69, 9.17) is 5.11 Å². The average Bonchev–Trinajstić information content (AvgIpc) is 2.15. The van der Waals surface area contributed by atoms with Gasteiger partial charge in [0, 0.05) is 0 Å². The van der Waals surface area contributed by atoms with Gasteiger partial charge in [0.15, 0.2) is 0 Å². The molecule has 0 aliphatic rings. The summed E-state index contributed by atoms with van der Waals surface area (Å²) in [6.45, 7) is 6.14. The van der Waals surface area contributed by atoms with Crippen LogP contribution in [-0.2, 0) is 5.41 Å². The highest BCUT2D eigenvalue weighted by Crippen LogP contribution is 2.25. The van der Waals surface area contributed by atoms with Crippen molar-refractivity contribution in [1.29, 1.82) is 0 Å². The Labute approximate surface area is 88.7 Å². The summed E-state index contributed by atoms with van der Waals surface area (Å²) in [6.07, 6.45) is -4.41. The zero-order valence-corrected chi connectivity index (χ0v) is 9.17. The smallest absolute Gasteiger partial charge is 0.268 e. The molecule has 1 N–H and O–H groups in total. The van der Waals surface area contributed by atoms with Crippen molar-refractivity contribution >= 4 is 0 Å². The van der Waals surface area contributed by atoms with Crippen LogP contribution in [-0.4, -0.2) is 11.5 Å². The van der Waals surface area contributed by atoms with Crippen molar-refractivity contribution in [2.24, 2.45) is 0 Å². The van der Waals surface area contributed by atoms with Gasteiger partial charge in [0.05, 0.1) is 0 Å². The van der Waals surface area contributed by atoms with Crippen molar-refractivity contribution < 1.29 is 13.9 Å². The van der Waals surface area contributed by atoms with E-state index in [0.717, 1.165) is 5.56 Å². The van der Waals surface area contributed by atoms with E-state index in [-0.39, 0.29) is 11.0 Å². The summed E-state index contributed by atoms with van der Waals surface area (Å²) in [5.74, 6) is 0. The Balaban J connectivity index is 2.91. The Morgan fingerprint density at radius 2 is 1.53 bits per heavy atom. The van der Waals surface area contributed by atoms with Crippen molar-refractivity contribution in [3.05, 3.63) is 35.4 Å². The molecule has 0 saturated heterocycles. The minimum absolute atomic E-state index is 0.00564. The third-order valence-corrected chi connectivity index (χ3v) is 2.36. The molecule has 0 aliphatic heterocycles. The van der Waals surface area contributed by atoms with Crippen LogP contribution in [0.2, 0.25) is 0 Å². The maximum Gasteiger partial charge on any atom is 0.268 e. The maximum absolute atomic E-state index is 12.2. The van der Waals surface area contributed by atoms with E-state index in [1.165, 1.54) is 0 Å². The Morgan fingerprint density at radius 3 is 1.87 bits per heavy atom. The lowest BCUT2D eigenvalue weighted by Gasteiger charge is -2.19. The van der Waals surface area contributed by atoms with Gasteiger partial charge in [-0.1, -0.05) is 45.0 Å². The van der Waals surface area contributed by atoms with Gasteiger partial charge >= 0.3 is 0 Å². The first kappa shape index (κ1) is 12.1. The molecule has 84 valence electrons. The second-order valence-electron chi connectivity index (χ2n) is 4.65. The number of benzene rings is 1. The van der Waals surface area contributed by atoms with Crippen molar-refractivity contribution in [1.82, 2.24) is 0 Å². The fourth-order valence-electron chi connectivity index (χ4n) is 1.33. The molecule has 1 unspecified atom stereocenters. The zero-order valence-electron chi connectivity index (χ0n) is 9.17. The lowest BCUT2D eigenvalue weighted by molar-refractivity contribution is -0.00579. The molecule has 1 atom stereocenters. The maximum atomic E-state index is 12.2. The molecule has 1 rings (SSSR count). The topological polar surface area (TPSA) is 20.2 Å². The molecule has 0 bridgehead atoms. The number of rotatable bonds is 2. The molecule has 0 aliphatic carbocycles. The first-order valence-corrected chi connectivity index (χ1v) is 4.89. The molecule has 0 fully saturated rings. The molecule has 0 heterocycles. The zero-order chi connectivity index (χ0) is 11.6. The Kier molecular flexibility index (Phi) is 3.45. The standard InChI is InChI=1S/C12H16F2O/c1-12(2,3)9-6-4-8(5-7-9)10(15)11(13)14/h4-7,10-11,15H,1-3H3. The lowest BCUT2D eigenvalue weighted by Crippen LogP contribution is -2.12. The van der Waals surface area contributed by atoms with Gasteiger partial charge in [-0.2, -0.15) is 0 Å². The number of aliphatic hydroxyl groups excluding tert-OH is 1. The monoisotopic (exact) mass is 214 g/mol. The van der Waals surface area contributed by atoms with Crippen LogP contribution in [0.5, 0.6) is 0 Å². The fourth-order valence-corrected chi connectivity index (χ4v) is 1.33. The highest BCUT2D eigenvalue weighted by Gasteiger charge is 2.20. The highest BCUT2D eigenvalue weighted by molar-refractivity contribution is 5.28. The minimum atomic E-state index is -2.73. The van der Waals surface area contributed by atoms with Crippen LogP contribution in [0.3, 0.4) is 0 Å². The summed E-state index contributed by atoms with van der Waals surface area (Å²) < 4.78 is 24.4. The summed E-state index contributed by atoms with van der Waals surface area (Å²) in [5.41, 5.74) is 1.32. The van der Waals surface area contributed by atoms with E-state index in [2.05, 4.69) is 0 Å². The molecule has 0 spiro atoms. The molecule has 15 heavy (non-hydrogen) atoms. The molecule has 0 radical (unpaired) electrons. The van der Waals surface area contributed by atoms with Crippen molar-refractivity contribution in [2.75, 3.05) is 0 Å². The van der Waals surface area contributed by atoms with Crippen LogP contribution in [0.15, 0.2) is 24.3 Å². The van der Waals surface area contributed by atoms with E-state index < -0.39 is 12.5 Å².